The Morgan fingerprint density at radius 2 is 2.12 bits per heavy atom. The zero-order valence-electron chi connectivity index (χ0n) is 9.85. The lowest BCUT2D eigenvalue weighted by Gasteiger charge is -2.23. The number of rotatable bonds is 2. The molecule has 2 radical (unpaired) electrons. The lowest BCUT2D eigenvalue weighted by molar-refractivity contribution is 0.0285. The van der Waals surface area contributed by atoms with Gasteiger partial charge >= 0.3 is 6.09 Å². The molecule has 1 heterocycles. The first-order valence-corrected chi connectivity index (χ1v) is 5.61. The van der Waals surface area contributed by atoms with Gasteiger partial charge < -0.3 is 9.64 Å². The molecule has 86 valence electrons. The molecule has 0 spiro atoms. The van der Waals surface area contributed by atoms with Gasteiger partial charge in [-0.2, -0.15) is 5.10 Å². The maximum absolute atomic E-state index is 11.6. The van der Waals surface area contributed by atoms with Gasteiger partial charge in [0.25, 0.3) is 0 Å². The summed E-state index contributed by atoms with van der Waals surface area (Å²) in [5.74, 6) is 0. The number of hydrogen-bond donors (Lipinski definition) is 0. The molecule has 0 aromatic carbocycles. The molecule has 0 aliphatic rings. The fraction of sp³-hybridized carbons (Fsp3) is 0.667. The van der Waals surface area contributed by atoms with Gasteiger partial charge in [0.15, 0.2) is 7.85 Å². The van der Waals surface area contributed by atoms with Gasteiger partial charge in [0.1, 0.15) is 10.6 Å². The Bertz CT molecular complexity index is 375. The van der Waals surface area contributed by atoms with Crippen molar-refractivity contribution in [2.45, 2.75) is 32.9 Å². The maximum Gasteiger partial charge on any atom is 0.410 e. The van der Waals surface area contributed by atoms with Gasteiger partial charge in [0.2, 0.25) is 0 Å². The third kappa shape index (κ3) is 4.18. The summed E-state index contributed by atoms with van der Waals surface area (Å²) in [4.78, 5) is 13.4. The Morgan fingerprint density at radius 1 is 1.50 bits per heavy atom. The Hall–Kier alpha value is -1.11. The summed E-state index contributed by atoms with van der Waals surface area (Å²) in [6, 6.07) is 0. The van der Waals surface area contributed by atoms with Gasteiger partial charge in [-0.15, -0.1) is 16.4 Å². The molecule has 1 amide bonds. The van der Waals surface area contributed by atoms with Crippen LogP contribution in [-0.2, 0) is 11.3 Å². The number of aromatic nitrogens is 2. The van der Waals surface area contributed by atoms with E-state index >= 15 is 0 Å². The molecule has 5 nitrogen and oxygen atoms in total. The van der Waals surface area contributed by atoms with Crippen molar-refractivity contribution in [1.82, 2.24) is 15.1 Å². The number of carbonyl (C=O) groups excluding carboxylic acids is 1. The maximum atomic E-state index is 11.6. The van der Waals surface area contributed by atoms with Crippen LogP contribution in [0.2, 0.25) is 0 Å². The first-order valence-electron chi connectivity index (χ1n) is 4.80. The summed E-state index contributed by atoms with van der Waals surface area (Å²) >= 11 is 1.26. The summed E-state index contributed by atoms with van der Waals surface area (Å²) in [6.07, 6.45) is -0.388. The summed E-state index contributed by atoms with van der Waals surface area (Å²) in [5, 5.41) is 8.19. The highest BCUT2D eigenvalue weighted by atomic mass is 32.1. The number of ether oxygens (including phenoxy) is 1. The van der Waals surface area contributed by atoms with Crippen molar-refractivity contribution in [2.24, 2.45) is 0 Å². The van der Waals surface area contributed by atoms with Crippen LogP contribution in [0.1, 0.15) is 25.8 Å². The quantitative estimate of drug-likeness (QED) is 0.713. The molecule has 0 aliphatic carbocycles. The second kappa shape index (κ2) is 4.82. The highest BCUT2D eigenvalue weighted by Crippen LogP contribution is 2.11. The van der Waals surface area contributed by atoms with Crippen molar-refractivity contribution < 1.29 is 9.53 Å². The molecule has 0 fully saturated rings. The van der Waals surface area contributed by atoms with Crippen LogP contribution in [-0.4, -0.2) is 41.7 Å². The van der Waals surface area contributed by atoms with Crippen molar-refractivity contribution in [3.8, 4) is 0 Å². The second-order valence-corrected chi connectivity index (χ2v) is 5.46. The fourth-order valence-corrected chi connectivity index (χ4v) is 1.60. The Morgan fingerprint density at radius 3 is 2.56 bits per heavy atom. The second-order valence-electron chi connectivity index (χ2n) is 4.37. The third-order valence-corrected chi connectivity index (χ3v) is 2.30. The number of amides is 1. The average Bonchev–Trinajstić information content (AvgIpc) is 2.48. The molecule has 0 bridgehead atoms. The highest BCUT2D eigenvalue weighted by molar-refractivity contribution is 7.19. The average molecular weight is 239 g/mol. The van der Waals surface area contributed by atoms with Gasteiger partial charge in [0, 0.05) is 7.05 Å². The van der Waals surface area contributed by atoms with Gasteiger partial charge in [-0.05, 0) is 20.8 Å². The molecule has 0 saturated heterocycles. The predicted molar refractivity (Wildman–Crippen MR) is 63.0 cm³/mol. The van der Waals surface area contributed by atoms with Crippen LogP contribution in [0.25, 0.3) is 0 Å². The molecule has 1 rings (SSSR count). The Kier molecular flexibility index (Phi) is 3.90. The largest absolute Gasteiger partial charge is 0.444 e. The monoisotopic (exact) mass is 239 g/mol. The molecule has 0 N–H and O–H groups in total. The van der Waals surface area contributed by atoms with Crippen LogP contribution in [0.5, 0.6) is 0 Å². The molecule has 0 aliphatic heterocycles. The van der Waals surface area contributed by atoms with E-state index in [1.165, 1.54) is 16.2 Å². The lowest BCUT2D eigenvalue weighted by Crippen LogP contribution is -2.33. The van der Waals surface area contributed by atoms with Crippen LogP contribution in [0, 0.1) is 0 Å². The molecule has 16 heavy (non-hydrogen) atoms. The first-order chi connectivity index (χ1) is 7.28. The zero-order valence-corrected chi connectivity index (χ0v) is 10.7. The van der Waals surface area contributed by atoms with E-state index in [2.05, 4.69) is 10.2 Å². The van der Waals surface area contributed by atoms with Crippen LogP contribution >= 0.6 is 11.3 Å². The fourth-order valence-electron chi connectivity index (χ4n) is 0.938. The van der Waals surface area contributed by atoms with E-state index in [1.54, 1.807) is 7.05 Å². The zero-order chi connectivity index (χ0) is 12.3. The SMILES string of the molecule is [B]c1nnc(CN(C)C(=O)OC(C)(C)C)s1. The standard InChI is InChI=1S/C9H14BN3O2S/c1-9(2,3)15-8(14)13(4)5-6-11-12-7(10)16-6/h5H2,1-4H3. The lowest BCUT2D eigenvalue weighted by atomic mass is 10.2. The minimum Gasteiger partial charge on any atom is -0.444 e. The van der Waals surface area contributed by atoms with Gasteiger partial charge in [0.05, 0.1) is 11.5 Å². The summed E-state index contributed by atoms with van der Waals surface area (Å²) in [5.41, 5.74) is -0.495. The summed E-state index contributed by atoms with van der Waals surface area (Å²) in [6.45, 7) is 5.81. The summed E-state index contributed by atoms with van der Waals surface area (Å²) < 4.78 is 5.19. The first kappa shape index (κ1) is 13.0. The predicted octanol–water partition coefficient (Wildman–Crippen LogP) is 0.699. The van der Waals surface area contributed by atoms with Gasteiger partial charge in [-0.3, -0.25) is 0 Å². The molecular weight excluding hydrogens is 225 g/mol. The van der Waals surface area contributed by atoms with E-state index in [9.17, 15) is 4.79 Å². The van der Waals surface area contributed by atoms with E-state index in [0.717, 1.165) is 0 Å². The third-order valence-electron chi connectivity index (χ3n) is 1.56. The van der Waals surface area contributed by atoms with Crippen molar-refractivity contribution >= 4 is 30.2 Å². The Labute approximate surface area is 100 Å². The van der Waals surface area contributed by atoms with E-state index in [4.69, 9.17) is 12.6 Å². The van der Waals surface area contributed by atoms with Crippen LogP contribution in [0.15, 0.2) is 0 Å². The van der Waals surface area contributed by atoms with E-state index in [1.807, 2.05) is 20.8 Å². The molecule has 0 unspecified atom stereocenters. The van der Waals surface area contributed by atoms with Crippen molar-refractivity contribution in [1.29, 1.82) is 0 Å². The van der Waals surface area contributed by atoms with Gasteiger partial charge in [-0.25, -0.2) is 4.79 Å². The van der Waals surface area contributed by atoms with E-state index in [-0.39, 0.29) is 6.09 Å². The number of carbonyl (C=O) groups is 1. The van der Waals surface area contributed by atoms with Crippen molar-refractivity contribution in [3.05, 3.63) is 5.01 Å². The minimum absolute atomic E-state index is 0.351. The number of nitrogens with zero attached hydrogens (tertiary/aromatic N) is 3. The van der Waals surface area contributed by atoms with Crippen LogP contribution < -0.4 is 4.91 Å². The molecule has 0 saturated carbocycles. The van der Waals surface area contributed by atoms with E-state index < -0.39 is 5.60 Å². The minimum atomic E-state index is -0.495. The van der Waals surface area contributed by atoms with Crippen molar-refractivity contribution in [3.63, 3.8) is 0 Å². The topological polar surface area (TPSA) is 55.3 Å². The van der Waals surface area contributed by atoms with Crippen molar-refractivity contribution in [2.75, 3.05) is 7.05 Å². The number of hydrogen-bond acceptors (Lipinski definition) is 5. The molecular formula is C9H14BN3O2S. The molecule has 0 atom stereocenters. The van der Waals surface area contributed by atoms with Crippen LogP contribution in [0.3, 0.4) is 0 Å². The molecule has 1 aromatic rings. The summed E-state index contributed by atoms with van der Waals surface area (Å²) in [7, 11) is 7.09. The smallest absolute Gasteiger partial charge is 0.410 e. The Balaban J connectivity index is 2.52. The molecule has 1 aromatic heterocycles. The van der Waals surface area contributed by atoms with Crippen LogP contribution in [0.4, 0.5) is 4.79 Å². The normalized spacial score (nSPS) is 11.2. The molecule has 7 heteroatoms. The highest BCUT2D eigenvalue weighted by Gasteiger charge is 2.20. The van der Waals surface area contributed by atoms with E-state index in [0.29, 0.717) is 16.5 Å². The van der Waals surface area contributed by atoms with Gasteiger partial charge in [-0.1, -0.05) is 0 Å².